The van der Waals surface area contributed by atoms with Gasteiger partial charge in [0, 0.05) is 0 Å². The molecule has 1 unspecified atom stereocenters. The van der Waals surface area contributed by atoms with Gasteiger partial charge in [-0.3, -0.25) is 0 Å². The van der Waals surface area contributed by atoms with Crippen molar-refractivity contribution in [2.75, 3.05) is 0 Å². The van der Waals surface area contributed by atoms with E-state index in [1.165, 1.54) is 0 Å². The van der Waals surface area contributed by atoms with Crippen molar-refractivity contribution in [3.63, 3.8) is 0 Å². The normalized spacial score (nSPS) is 15.8. The molecule has 0 bridgehead atoms. The molecule has 2 aromatic carbocycles. The summed E-state index contributed by atoms with van der Waals surface area (Å²) in [4.78, 5) is 0. The predicted molar refractivity (Wildman–Crippen MR) is 75.5 cm³/mol. The fourth-order valence-electron chi connectivity index (χ4n) is 2.14. The summed E-state index contributed by atoms with van der Waals surface area (Å²) in [6.45, 7) is 4.12. The summed E-state index contributed by atoms with van der Waals surface area (Å²) < 4.78 is 8.23. The molecule has 1 atom stereocenters. The maximum atomic E-state index is 10.4. The molecule has 0 fully saturated rings. The Hall–Kier alpha value is -1.60. The van der Waals surface area contributed by atoms with E-state index in [4.69, 9.17) is 1.37 Å². The van der Waals surface area contributed by atoms with Gasteiger partial charge in [0.05, 0.1) is 7.45 Å². The average Bonchev–Trinajstić information content (AvgIpc) is 2.40. The molecule has 1 heteroatoms. The molecule has 0 aliphatic carbocycles. The van der Waals surface area contributed by atoms with E-state index in [-0.39, 0.29) is 5.41 Å². The predicted octanol–water partition coefficient (Wildman–Crippen LogP) is 4.09. The standard InChI is InChI=1S/C17H20O/c1-17(2,15-11-7-4-8-12-15)13-16(18)14-9-5-3-6-10-14/h3-12,16,18H,13H2,1-2H3/i16D. The van der Waals surface area contributed by atoms with Gasteiger partial charge in [0.2, 0.25) is 0 Å². The van der Waals surface area contributed by atoms with Gasteiger partial charge in [0.1, 0.15) is 0 Å². The highest BCUT2D eigenvalue weighted by Gasteiger charge is 2.24. The molecule has 2 rings (SSSR count). The molecule has 0 heterocycles. The number of benzene rings is 2. The summed E-state index contributed by atoms with van der Waals surface area (Å²) in [5, 5.41) is 10.4. The Morgan fingerprint density at radius 3 is 2.06 bits per heavy atom. The van der Waals surface area contributed by atoms with Crippen LogP contribution in [0.1, 0.15) is 38.8 Å². The molecule has 0 spiro atoms. The SMILES string of the molecule is [2H]C(O)(CC(C)(C)c1ccccc1)c1ccccc1. The second-order valence-electron chi connectivity index (χ2n) is 5.24. The first-order valence-electron chi connectivity index (χ1n) is 6.75. The van der Waals surface area contributed by atoms with Crippen molar-refractivity contribution in [1.29, 1.82) is 0 Å². The molecule has 0 saturated heterocycles. The third-order valence-corrected chi connectivity index (χ3v) is 3.27. The van der Waals surface area contributed by atoms with Crippen molar-refractivity contribution >= 4 is 0 Å². The molecular weight excluding hydrogens is 220 g/mol. The zero-order valence-electron chi connectivity index (χ0n) is 11.9. The van der Waals surface area contributed by atoms with E-state index in [0.29, 0.717) is 12.0 Å². The molecule has 1 nitrogen and oxygen atoms in total. The summed E-state index contributed by atoms with van der Waals surface area (Å²) in [5.41, 5.74) is 1.52. The molecule has 0 aromatic heterocycles. The topological polar surface area (TPSA) is 20.2 Å². The van der Waals surface area contributed by atoms with Crippen molar-refractivity contribution in [2.45, 2.75) is 31.8 Å². The highest BCUT2D eigenvalue weighted by Crippen LogP contribution is 2.33. The van der Waals surface area contributed by atoms with Crippen LogP contribution in [-0.4, -0.2) is 5.11 Å². The lowest BCUT2D eigenvalue weighted by atomic mass is 9.78. The Balaban J connectivity index is 2.25. The summed E-state index contributed by atoms with van der Waals surface area (Å²) >= 11 is 0. The maximum absolute atomic E-state index is 10.4. The summed E-state index contributed by atoms with van der Waals surface area (Å²) in [7, 11) is 0. The summed E-state index contributed by atoms with van der Waals surface area (Å²) in [6.07, 6.45) is -1.21. The van der Waals surface area contributed by atoms with Crippen molar-refractivity contribution in [3.8, 4) is 0 Å². The van der Waals surface area contributed by atoms with E-state index in [1.807, 2.05) is 48.5 Å². The van der Waals surface area contributed by atoms with E-state index in [2.05, 4.69) is 13.8 Å². The molecule has 1 N–H and O–H groups in total. The fourth-order valence-corrected chi connectivity index (χ4v) is 2.14. The monoisotopic (exact) mass is 241 g/mol. The Morgan fingerprint density at radius 1 is 1.00 bits per heavy atom. The quantitative estimate of drug-likeness (QED) is 0.855. The number of rotatable bonds is 4. The average molecular weight is 241 g/mol. The molecule has 0 saturated carbocycles. The third kappa shape index (κ3) is 2.99. The fraction of sp³-hybridized carbons (Fsp3) is 0.294. The van der Waals surface area contributed by atoms with E-state index in [1.54, 1.807) is 12.1 Å². The van der Waals surface area contributed by atoms with Crippen molar-refractivity contribution in [2.24, 2.45) is 0 Å². The minimum absolute atomic E-state index is 0.256. The first-order valence-corrected chi connectivity index (χ1v) is 6.25. The van der Waals surface area contributed by atoms with Crippen LogP contribution in [0.2, 0.25) is 0 Å². The zero-order chi connectivity index (χ0) is 13.9. The van der Waals surface area contributed by atoms with Crippen LogP contribution in [0.15, 0.2) is 60.7 Å². The van der Waals surface area contributed by atoms with Crippen LogP contribution in [0.25, 0.3) is 0 Å². The molecule has 18 heavy (non-hydrogen) atoms. The van der Waals surface area contributed by atoms with E-state index in [0.717, 1.165) is 5.56 Å². The highest BCUT2D eigenvalue weighted by atomic mass is 16.3. The molecule has 0 amide bonds. The van der Waals surface area contributed by atoms with E-state index in [9.17, 15) is 5.11 Å². The zero-order valence-corrected chi connectivity index (χ0v) is 10.9. The maximum Gasteiger partial charge on any atom is 0.0798 e. The van der Waals surface area contributed by atoms with Crippen molar-refractivity contribution < 1.29 is 6.48 Å². The van der Waals surface area contributed by atoms with Crippen LogP contribution >= 0.6 is 0 Å². The third-order valence-electron chi connectivity index (χ3n) is 3.27. The van der Waals surface area contributed by atoms with Crippen LogP contribution in [0.3, 0.4) is 0 Å². The minimum Gasteiger partial charge on any atom is -0.388 e. The molecule has 2 aromatic rings. The highest BCUT2D eigenvalue weighted by molar-refractivity contribution is 5.25. The van der Waals surface area contributed by atoms with Crippen LogP contribution in [-0.2, 0) is 5.41 Å². The second kappa shape index (κ2) is 5.36. The number of hydrogen-bond donors (Lipinski definition) is 1. The largest absolute Gasteiger partial charge is 0.388 e. The van der Waals surface area contributed by atoms with E-state index >= 15 is 0 Å². The summed E-state index contributed by atoms with van der Waals surface area (Å²) in [5.74, 6) is 0. The smallest absolute Gasteiger partial charge is 0.0798 e. The van der Waals surface area contributed by atoms with Gasteiger partial charge in [0.25, 0.3) is 0 Å². The van der Waals surface area contributed by atoms with Gasteiger partial charge in [-0.05, 0) is 23.0 Å². The van der Waals surface area contributed by atoms with Crippen LogP contribution in [0, 0.1) is 0 Å². The Bertz CT molecular complexity index is 468. The van der Waals surface area contributed by atoms with Crippen molar-refractivity contribution in [3.05, 3.63) is 71.8 Å². The van der Waals surface area contributed by atoms with Crippen molar-refractivity contribution in [1.82, 2.24) is 0 Å². The van der Waals surface area contributed by atoms with Gasteiger partial charge in [-0.1, -0.05) is 74.5 Å². The molecule has 94 valence electrons. The van der Waals surface area contributed by atoms with Gasteiger partial charge >= 0.3 is 0 Å². The number of hydrogen-bond acceptors (Lipinski definition) is 1. The lowest BCUT2D eigenvalue weighted by molar-refractivity contribution is 0.140. The van der Waals surface area contributed by atoms with E-state index < -0.39 is 6.08 Å². The lowest BCUT2D eigenvalue weighted by Crippen LogP contribution is -2.20. The molecule has 0 aliphatic rings. The first kappa shape index (κ1) is 11.5. The second-order valence-corrected chi connectivity index (χ2v) is 5.24. The Morgan fingerprint density at radius 2 is 1.50 bits per heavy atom. The van der Waals surface area contributed by atoms with Gasteiger partial charge < -0.3 is 5.11 Å². The Kier molecular flexibility index (Phi) is 3.42. The Labute approximate surface area is 111 Å². The molecular formula is C17H20O. The molecule has 0 radical (unpaired) electrons. The number of aliphatic hydroxyl groups is 1. The first-order chi connectivity index (χ1) is 8.92. The van der Waals surface area contributed by atoms with Crippen LogP contribution in [0.5, 0.6) is 0 Å². The van der Waals surface area contributed by atoms with Crippen LogP contribution < -0.4 is 0 Å². The van der Waals surface area contributed by atoms with Gasteiger partial charge in [-0.2, -0.15) is 0 Å². The lowest BCUT2D eigenvalue weighted by Gasteiger charge is -2.28. The van der Waals surface area contributed by atoms with Crippen LogP contribution in [0.4, 0.5) is 0 Å². The minimum atomic E-state index is -1.57. The van der Waals surface area contributed by atoms with Gasteiger partial charge in [-0.15, -0.1) is 0 Å². The van der Waals surface area contributed by atoms with Gasteiger partial charge in [-0.25, -0.2) is 0 Å². The summed E-state index contributed by atoms with van der Waals surface area (Å²) in [6, 6.07) is 19.2. The molecule has 0 aliphatic heterocycles. The van der Waals surface area contributed by atoms with Gasteiger partial charge in [0.15, 0.2) is 0 Å².